The first-order chi connectivity index (χ1) is 7.06. The monoisotopic (exact) mass is 207 g/mol. The first-order valence-electron chi connectivity index (χ1n) is 5.11. The molecule has 0 unspecified atom stereocenters. The summed E-state index contributed by atoms with van der Waals surface area (Å²) in [7, 11) is 1.96. The van der Waals surface area contributed by atoms with Crippen LogP contribution in [0.2, 0.25) is 0 Å². The molecule has 0 amide bonds. The lowest BCUT2D eigenvalue weighted by Crippen LogP contribution is -2.17. The lowest BCUT2D eigenvalue weighted by molar-refractivity contribution is 0.101. The number of phenolic OH excluding ortho intramolecular Hbond substituents is 1. The Bertz CT molecular complexity index is 361. The Morgan fingerprint density at radius 3 is 2.60 bits per heavy atom. The molecule has 0 saturated heterocycles. The van der Waals surface area contributed by atoms with Crippen LogP contribution in [0.1, 0.15) is 30.6 Å². The third-order valence-corrected chi connectivity index (χ3v) is 2.36. The van der Waals surface area contributed by atoms with Gasteiger partial charge in [0.15, 0.2) is 5.78 Å². The Balaban J connectivity index is 2.96. The Morgan fingerprint density at radius 1 is 1.47 bits per heavy atom. The summed E-state index contributed by atoms with van der Waals surface area (Å²) in [6.45, 7) is 4.48. The van der Waals surface area contributed by atoms with Gasteiger partial charge in [0, 0.05) is 25.3 Å². The van der Waals surface area contributed by atoms with Gasteiger partial charge in [0.1, 0.15) is 5.75 Å². The van der Waals surface area contributed by atoms with Crippen molar-refractivity contribution in [1.82, 2.24) is 0 Å². The van der Waals surface area contributed by atoms with E-state index in [-0.39, 0.29) is 11.5 Å². The van der Waals surface area contributed by atoms with Gasteiger partial charge in [-0.15, -0.1) is 0 Å². The van der Waals surface area contributed by atoms with E-state index in [2.05, 4.69) is 6.92 Å². The van der Waals surface area contributed by atoms with Crippen LogP contribution in [0.15, 0.2) is 18.2 Å². The molecule has 3 heteroatoms. The maximum atomic E-state index is 11.1. The number of hydrogen-bond donors (Lipinski definition) is 1. The molecule has 0 atom stereocenters. The van der Waals surface area contributed by atoms with Crippen LogP contribution in [0.3, 0.4) is 0 Å². The zero-order valence-electron chi connectivity index (χ0n) is 9.45. The Labute approximate surface area is 90.3 Å². The first kappa shape index (κ1) is 11.6. The van der Waals surface area contributed by atoms with Gasteiger partial charge in [-0.2, -0.15) is 0 Å². The largest absolute Gasteiger partial charge is 0.507 e. The number of phenols is 1. The lowest BCUT2D eigenvalue weighted by atomic mass is 10.1. The van der Waals surface area contributed by atoms with Crippen LogP contribution >= 0.6 is 0 Å². The highest BCUT2D eigenvalue weighted by atomic mass is 16.3. The van der Waals surface area contributed by atoms with Gasteiger partial charge in [0.2, 0.25) is 0 Å². The number of rotatable bonds is 4. The van der Waals surface area contributed by atoms with Gasteiger partial charge in [0.05, 0.1) is 5.56 Å². The molecule has 0 heterocycles. The molecule has 1 rings (SSSR count). The van der Waals surface area contributed by atoms with Crippen molar-refractivity contribution >= 4 is 11.5 Å². The van der Waals surface area contributed by atoms with Crippen molar-refractivity contribution in [1.29, 1.82) is 0 Å². The van der Waals surface area contributed by atoms with Gasteiger partial charge in [-0.25, -0.2) is 0 Å². The van der Waals surface area contributed by atoms with E-state index in [1.54, 1.807) is 12.1 Å². The van der Waals surface area contributed by atoms with Gasteiger partial charge >= 0.3 is 0 Å². The smallest absolute Gasteiger partial charge is 0.163 e. The average Bonchev–Trinajstić information content (AvgIpc) is 2.17. The zero-order valence-corrected chi connectivity index (χ0v) is 9.45. The Morgan fingerprint density at radius 2 is 2.13 bits per heavy atom. The molecule has 15 heavy (non-hydrogen) atoms. The molecule has 1 aromatic rings. The average molecular weight is 207 g/mol. The summed E-state index contributed by atoms with van der Waals surface area (Å²) >= 11 is 0. The molecule has 0 bridgehead atoms. The highest BCUT2D eigenvalue weighted by Gasteiger charge is 2.08. The van der Waals surface area contributed by atoms with E-state index in [0.717, 1.165) is 18.7 Å². The highest BCUT2D eigenvalue weighted by Crippen LogP contribution is 2.24. The van der Waals surface area contributed by atoms with Crippen LogP contribution in [-0.2, 0) is 0 Å². The third kappa shape index (κ3) is 2.72. The molecule has 0 saturated carbocycles. The summed E-state index contributed by atoms with van der Waals surface area (Å²) in [5, 5.41) is 9.63. The van der Waals surface area contributed by atoms with Gasteiger partial charge < -0.3 is 10.0 Å². The summed E-state index contributed by atoms with van der Waals surface area (Å²) in [6, 6.07) is 5.15. The summed E-state index contributed by atoms with van der Waals surface area (Å²) in [5.74, 6) is -0.0554. The molecule has 0 radical (unpaired) electrons. The van der Waals surface area contributed by atoms with Gasteiger partial charge in [-0.1, -0.05) is 6.92 Å². The first-order valence-corrected chi connectivity index (χ1v) is 5.11. The molecule has 1 N–H and O–H groups in total. The number of benzene rings is 1. The zero-order chi connectivity index (χ0) is 11.4. The molecule has 0 aliphatic heterocycles. The van der Waals surface area contributed by atoms with E-state index in [1.807, 2.05) is 18.0 Å². The second-order valence-electron chi connectivity index (χ2n) is 3.68. The fraction of sp³-hybridized carbons (Fsp3) is 0.417. The number of ketones is 1. The topological polar surface area (TPSA) is 40.5 Å². The molecule has 0 fully saturated rings. The van der Waals surface area contributed by atoms with Crippen molar-refractivity contribution in [3.05, 3.63) is 23.8 Å². The van der Waals surface area contributed by atoms with E-state index in [0.29, 0.717) is 5.56 Å². The minimum Gasteiger partial charge on any atom is -0.507 e. The lowest BCUT2D eigenvalue weighted by Gasteiger charge is -2.18. The summed E-state index contributed by atoms with van der Waals surface area (Å²) in [6.07, 6.45) is 1.05. The standard InChI is InChI=1S/C12H17NO2/c1-4-7-13(3)10-5-6-11(9(2)14)12(15)8-10/h5-6,8,15H,4,7H2,1-3H3. The minimum atomic E-state index is -0.114. The van der Waals surface area contributed by atoms with Gasteiger partial charge in [0.25, 0.3) is 0 Å². The number of carbonyl (C=O) groups excluding carboxylic acids is 1. The maximum absolute atomic E-state index is 11.1. The fourth-order valence-corrected chi connectivity index (χ4v) is 1.52. The highest BCUT2D eigenvalue weighted by molar-refractivity contribution is 5.97. The third-order valence-electron chi connectivity index (χ3n) is 2.36. The quantitative estimate of drug-likeness (QED) is 0.771. The van der Waals surface area contributed by atoms with Crippen LogP contribution in [-0.4, -0.2) is 24.5 Å². The number of anilines is 1. The molecule has 0 aromatic heterocycles. The van der Waals surface area contributed by atoms with Crippen molar-refractivity contribution in [2.24, 2.45) is 0 Å². The summed E-state index contributed by atoms with van der Waals surface area (Å²) in [4.78, 5) is 13.1. The van der Waals surface area contributed by atoms with Crippen molar-refractivity contribution in [3.8, 4) is 5.75 Å². The number of carbonyl (C=O) groups is 1. The van der Waals surface area contributed by atoms with Crippen LogP contribution in [0, 0.1) is 0 Å². The van der Waals surface area contributed by atoms with Crippen LogP contribution in [0.4, 0.5) is 5.69 Å². The number of Topliss-reactive ketones (excluding diaryl/α,β-unsaturated/α-hetero) is 1. The molecule has 0 aliphatic carbocycles. The fourth-order valence-electron chi connectivity index (χ4n) is 1.52. The van der Waals surface area contributed by atoms with E-state index in [4.69, 9.17) is 0 Å². The normalized spacial score (nSPS) is 10.1. The Hall–Kier alpha value is -1.51. The van der Waals surface area contributed by atoms with E-state index in [9.17, 15) is 9.90 Å². The second-order valence-corrected chi connectivity index (χ2v) is 3.68. The van der Waals surface area contributed by atoms with Crippen LogP contribution < -0.4 is 4.90 Å². The number of hydrogen-bond acceptors (Lipinski definition) is 3. The summed E-state index contributed by atoms with van der Waals surface area (Å²) < 4.78 is 0. The van der Waals surface area contributed by atoms with Crippen molar-refractivity contribution in [2.45, 2.75) is 20.3 Å². The van der Waals surface area contributed by atoms with E-state index >= 15 is 0 Å². The van der Waals surface area contributed by atoms with Crippen molar-refractivity contribution in [2.75, 3.05) is 18.5 Å². The van der Waals surface area contributed by atoms with Gasteiger partial charge in [-0.05, 0) is 25.5 Å². The number of aromatic hydroxyl groups is 1. The van der Waals surface area contributed by atoms with Crippen LogP contribution in [0.25, 0.3) is 0 Å². The number of nitrogens with zero attached hydrogens (tertiary/aromatic N) is 1. The van der Waals surface area contributed by atoms with Crippen LogP contribution in [0.5, 0.6) is 5.75 Å². The molecule has 82 valence electrons. The SMILES string of the molecule is CCCN(C)c1ccc(C(C)=O)c(O)c1. The predicted molar refractivity (Wildman–Crippen MR) is 61.7 cm³/mol. The van der Waals surface area contributed by atoms with Crippen molar-refractivity contribution < 1.29 is 9.90 Å². The molecule has 3 nitrogen and oxygen atoms in total. The van der Waals surface area contributed by atoms with Crippen molar-refractivity contribution in [3.63, 3.8) is 0 Å². The maximum Gasteiger partial charge on any atom is 0.163 e. The second kappa shape index (κ2) is 4.82. The molecular formula is C12H17NO2. The predicted octanol–water partition coefficient (Wildman–Crippen LogP) is 2.44. The van der Waals surface area contributed by atoms with E-state index < -0.39 is 0 Å². The molecule has 0 spiro atoms. The van der Waals surface area contributed by atoms with Gasteiger partial charge in [-0.3, -0.25) is 4.79 Å². The van der Waals surface area contributed by atoms with E-state index in [1.165, 1.54) is 6.92 Å². The summed E-state index contributed by atoms with van der Waals surface area (Å²) in [5.41, 5.74) is 1.31. The Kier molecular flexibility index (Phi) is 3.72. The molecular weight excluding hydrogens is 190 g/mol. The molecule has 0 aliphatic rings. The minimum absolute atomic E-state index is 0.0583. The molecule has 1 aromatic carbocycles.